The van der Waals surface area contributed by atoms with Gasteiger partial charge in [-0.05, 0) is 45.6 Å². The molecule has 5 nitrogen and oxygen atoms in total. The molecule has 2 aliphatic rings. The van der Waals surface area contributed by atoms with Crippen LogP contribution in [0.15, 0.2) is 23.8 Å². The molecule has 2 rings (SSSR count). The second kappa shape index (κ2) is 6.30. The highest BCUT2D eigenvalue weighted by molar-refractivity contribution is 5.75. The van der Waals surface area contributed by atoms with Crippen LogP contribution in [-0.2, 0) is 19.1 Å². The summed E-state index contributed by atoms with van der Waals surface area (Å²) in [6.45, 7) is 9.51. The fourth-order valence-corrected chi connectivity index (χ4v) is 2.66. The Kier molecular flexibility index (Phi) is 4.86. The summed E-state index contributed by atoms with van der Waals surface area (Å²) < 4.78 is 11.1. The molecular weight excluding hydrogens is 270 g/mol. The van der Waals surface area contributed by atoms with E-state index in [-0.39, 0.29) is 12.1 Å². The number of hydrogen-bond donors (Lipinski definition) is 1. The van der Waals surface area contributed by atoms with Crippen LogP contribution in [0.1, 0.15) is 41.0 Å². The summed E-state index contributed by atoms with van der Waals surface area (Å²) in [7, 11) is 0. The van der Waals surface area contributed by atoms with E-state index in [9.17, 15) is 4.79 Å². The van der Waals surface area contributed by atoms with E-state index < -0.39 is 17.9 Å². The third-order valence-corrected chi connectivity index (χ3v) is 3.74. The molecule has 1 N–H and O–H groups in total. The van der Waals surface area contributed by atoms with Gasteiger partial charge in [-0.2, -0.15) is 0 Å². The van der Waals surface area contributed by atoms with Crippen molar-refractivity contribution in [3.63, 3.8) is 0 Å². The van der Waals surface area contributed by atoms with Crippen molar-refractivity contribution < 1.29 is 19.1 Å². The molecule has 0 aromatic carbocycles. The minimum atomic E-state index is -0.749. The number of carbonyl (C=O) groups is 1. The average molecular weight is 295 g/mol. The molecular formula is C16H25NO4. The number of allylic oxidation sites excluding steroid dienone is 3. The first-order chi connectivity index (χ1) is 9.78. The Morgan fingerprint density at radius 3 is 2.71 bits per heavy atom. The third kappa shape index (κ3) is 4.15. The average Bonchev–Trinajstić information content (AvgIpc) is 2.69. The molecule has 4 atom stereocenters. The maximum absolute atomic E-state index is 12.1. The molecule has 0 aromatic heterocycles. The highest BCUT2D eigenvalue weighted by atomic mass is 16.8. The molecule has 0 aromatic rings. The molecule has 1 aliphatic carbocycles. The zero-order valence-corrected chi connectivity index (χ0v) is 13.4. The van der Waals surface area contributed by atoms with Crippen molar-refractivity contribution in [3.8, 4) is 0 Å². The third-order valence-electron chi connectivity index (χ3n) is 3.74. The molecule has 118 valence electrons. The molecule has 1 saturated heterocycles. The van der Waals surface area contributed by atoms with Crippen LogP contribution in [0.2, 0.25) is 0 Å². The Bertz CT molecular complexity index is 455. The summed E-state index contributed by atoms with van der Waals surface area (Å²) in [5.41, 5.74) is 4.03. The van der Waals surface area contributed by atoms with Gasteiger partial charge >= 0.3 is 5.97 Å². The van der Waals surface area contributed by atoms with Gasteiger partial charge in [-0.3, -0.25) is 0 Å². The molecule has 3 unspecified atom stereocenters. The number of hydrogen-bond acceptors (Lipinski definition) is 5. The number of hydroxylamine groups is 1. The molecule has 0 saturated carbocycles. The van der Waals surface area contributed by atoms with E-state index >= 15 is 0 Å². The minimum Gasteiger partial charge on any atom is -0.368 e. The minimum absolute atomic E-state index is 0.0213. The van der Waals surface area contributed by atoms with Gasteiger partial charge in [0.25, 0.3) is 0 Å². The van der Waals surface area contributed by atoms with Crippen molar-refractivity contribution >= 4 is 5.97 Å². The predicted molar refractivity (Wildman–Crippen MR) is 79.2 cm³/mol. The molecule has 1 heterocycles. The fourth-order valence-electron chi connectivity index (χ4n) is 2.66. The summed E-state index contributed by atoms with van der Waals surface area (Å²) in [6.07, 6.45) is 6.22. The summed E-state index contributed by atoms with van der Waals surface area (Å²) >= 11 is 0. The van der Waals surface area contributed by atoms with Crippen molar-refractivity contribution in [2.24, 2.45) is 5.92 Å². The lowest BCUT2D eigenvalue weighted by molar-refractivity contribution is -0.176. The second-order valence-electron chi connectivity index (χ2n) is 6.33. The van der Waals surface area contributed by atoms with Gasteiger partial charge in [-0.1, -0.05) is 25.2 Å². The summed E-state index contributed by atoms with van der Waals surface area (Å²) in [6, 6.07) is -0.0213. The molecule has 0 radical (unpaired) electrons. The van der Waals surface area contributed by atoms with Gasteiger partial charge in [0.15, 0.2) is 11.9 Å². The van der Waals surface area contributed by atoms with Crippen LogP contribution in [-0.4, -0.2) is 30.0 Å². The topological polar surface area (TPSA) is 56.8 Å². The zero-order valence-electron chi connectivity index (χ0n) is 13.4. The summed E-state index contributed by atoms with van der Waals surface area (Å²) in [4.78, 5) is 17.3. The fraction of sp³-hybridized carbons (Fsp3) is 0.688. The molecule has 1 fully saturated rings. The van der Waals surface area contributed by atoms with Crippen LogP contribution in [0.4, 0.5) is 0 Å². The molecule has 0 bridgehead atoms. The van der Waals surface area contributed by atoms with E-state index in [1.54, 1.807) is 20.8 Å². The van der Waals surface area contributed by atoms with Crippen molar-refractivity contribution in [2.45, 2.75) is 65.1 Å². The normalized spacial score (nSPS) is 32.6. The van der Waals surface area contributed by atoms with Crippen LogP contribution >= 0.6 is 0 Å². The first-order valence-electron chi connectivity index (χ1n) is 7.47. The van der Waals surface area contributed by atoms with Crippen LogP contribution < -0.4 is 5.48 Å². The van der Waals surface area contributed by atoms with E-state index in [1.165, 1.54) is 5.57 Å². The monoisotopic (exact) mass is 295 g/mol. The molecule has 0 amide bonds. The van der Waals surface area contributed by atoms with Gasteiger partial charge < -0.3 is 14.3 Å². The van der Waals surface area contributed by atoms with E-state index in [0.29, 0.717) is 5.92 Å². The van der Waals surface area contributed by atoms with Gasteiger partial charge in [-0.25, -0.2) is 4.79 Å². The predicted octanol–water partition coefficient (Wildman–Crippen LogP) is 2.49. The molecule has 1 aliphatic heterocycles. The molecule has 0 spiro atoms. The van der Waals surface area contributed by atoms with E-state index in [2.05, 4.69) is 24.6 Å². The Balaban J connectivity index is 1.84. The first kappa shape index (κ1) is 16.2. The van der Waals surface area contributed by atoms with E-state index in [0.717, 1.165) is 6.42 Å². The Labute approximate surface area is 126 Å². The lowest BCUT2D eigenvalue weighted by Gasteiger charge is -2.22. The van der Waals surface area contributed by atoms with Gasteiger partial charge in [0.2, 0.25) is 0 Å². The number of carbonyl (C=O) groups excluding carboxylic acids is 1. The first-order valence-corrected chi connectivity index (χ1v) is 7.47. The summed E-state index contributed by atoms with van der Waals surface area (Å²) in [5.74, 6) is -0.682. The second-order valence-corrected chi connectivity index (χ2v) is 6.33. The quantitative estimate of drug-likeness (QED) is 0.808. The highest BCUT2D eigenvalue weighted by Gasteiger charge is 2.44. The Morgan fingerprint density at radius 1 is 1.43 bits per heavy atom. The summed E-state index contributed by atoms with van der Waals surface area (Å²) in [5, 5.41) is 0. The Morgan fingerprint density at radius 2 is 2.14 bits per heavy atom. The van der Waals surface area contributed by atoms with Crippen LogP contribution in [0, 0.1) is 5.92 Å². The van der Waals surface area contributed by atoms with Crippen LogP contribution in [0.25, 0.3) is 0 Å². The number of ether oxygens (including phenoxy) is 2. The smallest absolute Gasteiger partial charge is 0.356 e. The SMILES string of the molecule is CC1C=CC=C([C@H](C)NOC(=O)C2OC(C)(C)OC2C)C1. The van der Waals surface area contributed by atoms with Gasteiger partial charge in [0.05, 0.1) is 12.1 Å². The Hall–Kier alpha value is -1.17. The highest BCUT2D eigenvalue weighted by Crippen LogP contribution is 2.28. The zero-order chi connectivity index (χ0) is 15.6. The molecule has 21 heavy (non-hydrogen) atoms. The lowest BCUT2D eigenvalue weighted by atomic mass is 9.92. The van der Waals surface area contributed by atoms with Gasteiger partial charge in [0.1, 0.15) is 0 Å². The van der Waals surface area contributed by atoms with Crippen LogP contribution in [0.3, 0.4) is 0 Å². The van der Waals surface area contributed by atoms with Crippen molar-refractivity contribution in [1.82, 2.24) is 5.48 Å². The largest absolute Gasteiger partial charge is 0.368 e. The molecule has 5 heteroatoms. The maximum atomic E-state index is 12.1. The number of nitrogens with one attached hydrogen (secondary N) is 1. The van der Waals surface area contributed by atoms with Crippen molar-refractivity contribution in [3.05, 3.63) is 23.8 Å². The van der Waals surface area contributed by atoms with Gasteiger partial charge in [-0.15, -0.1) is 5.48 Å². The van der Waals surface area contributed by atoms with Crippen molar-refractivity contribution in [2.75, 3.05) is 0 Å². The standard InChI is InChI=1S/C16H25NO4/c1-10-7-6-8-13(9-10)11(2)17-21-15(18)14-12(3)19-16(4,5)20-14/h6-8,10-12,14,17H,9H2,1-5H3/t10?,11-,12?,14?/m0/s1. The lowest BCUT2D eigenvalue weighted by Crippen LogP contribution is -2.39. The van der Waals surface area contributed by atoms with Crippen LogP contribution in [0.5, 0.6) is 0 Å². The van der Waals surface area contributed by atoms with E-state index in [4.69, 9.17) is 14.3 Å². The number of rotatable bonds is 4. The van der Waals surface area contributed by atoms with E-state index in [1.807, 2.05) is 13.0 Å². The van der Waals surface area contributed by atoms with Crippen molar-refractivity contribution in [1.29, 1.82) is 0 Å². The maximum Gasteiger partial charge on any atom is 0.356 e. The van der Waals surface area contributed by atoms with Gasteiger partial charge in [0, 0.05) is 0 Å².